The smallest absolute Gasteiger partial charge is 0.105 e. The topological polar surface area (TPSA) is 38.0 Å². The first kappa shape index (κ1) is 9.26. The second kappa shape index (κ2) is 4.26. The third-order valence-corrected chi connectivity index (χ3v) is 1.97. The van der Waals surface area contributed by atoms with Crippen LogP contribution in [-0.2, 0) is 13.0 Å². The van der Waals surface area contributed by atoms with Crippen LogP contribution in [0.4, 0.5) is 0 Å². The summed E-state index contributed by atoms with van der Waals surface area (Å²) in [6.45, 7) is 4.97. The van der Waals surface area contributed by atoms with Crippen LogP contribution in [0.15, 0.2) is 6.20 Å². The van der Waals surface area contributed by atoms with Gasteiger partial charge in [0, 0.05) is 18.4 Å². The van der Waals surface area contributed by atoms with Crippen molar-refractivity contribution in [1.29, 1.82) is 0 Å². The zero-order valence-electron chi connectivity index (χ0n) is 7.75. The minimum Gasteiger partial charge on any atom is -0.395 e. The van der Waals surface area contributed by atoms with Crippen LogP contribution in [0.1, 0.15) is 24.9 Å². The van der Waals surface area contributed by atoms with Gasteiger partial charge < -0.3 is 9.67 Å². The minimum absolute atomic E-state index is 0.188. The summed E-state index contributed by atoms with van der Waals surface area (Å²) < 4.78 is 2.07. The minimum atomic E-state index is 0.188. The number of rotatable bonds is 4. The molecule has 0 atom stereocenters. The fourth-order valence-corrected chi connectivity index (χ4v) is 1.38. The largest absolute Gasteiger partial charge is 0.395 e. The number of aryl methyl sites for hydroxylation is 2. The Morgan fingerprint density at radius 1 is 1.58 bits per heavy atom. The van der Waals surface area contributed by atoms with E-state index in [-0.39, 0.29) is 6.61 Å². The molecular weight excluding hydrogens is 152 g/mol. The van der Waals surface area contributed by atoms with Gasteiger partial charge in [-0.25, -0.2) is 4.98 Å². The highest BCUT2D eigenvalue weighted by Crippen LogP contribution is 2.06. The van der Waals surface area contributed by atoms with Gasteiger partial charge in [0.2, 0.25) is 0 Å². The van der Waals surface area contributed by atoms with E-state index in [4.69, 9.17) is 5.11 Å². The van der Waals surface area contributed by atoms with Crippen LogP contribution in [-0.4, -0.2) is 21.3 Å². The Hall–Kier alpha value is -0.830. The maximum Gasteiger partial charge on any atom is 0.105 e. The molecule has 0 amide bonds. The summed E-state index contributed by atoms with van der Waals surface area (Å²) in [6, 6.07) is 0. The van der Waals surface area contributed by atoms with Crippen LogP contribution in [0.5, 0.6) is 0 Å². The van der Waals surface area contributed by atoms with Crippen LogP contribution in [0.25, 0.3) is 0 Å². The molecule has 0 aliphatic heterocycles. The van der Waals surface area contributed by atoms with Crippen molar-refractivity contribution in [3.05, 3.63) is 17.7 Å². The maximum atomic E-state index is 8.81. The van der Waals surface area contributed by atoms with E-state index in [2.05, 4.69) is 16.5 Å². The molecule has 0 spiro atoms. The van der Waals surface area contributed by atoms with E-state index in [1.807, 2.05) is 13.1 Å². The Morgan fingerprint density at radius 2 is 2.33 bits per heavy atom. The van der Waals surface area contributed by atoms with Gasteiger partial charge in [0.1, 0.15) is 5.82 Å². The summed E-state index contributed by atoms with van der Waals surface area (Å²) in [7, 11) is 0. The lowest BCUT2D eigenvalue weighted by Gasteiger charge is -2.06. The van der Waals surface area contributed by atoms with E-state index in [1.54, 1.807) is 0 Å². The third-order valence-electron chi connectivity index (χ3n) is 1.97. The highest BCUT2D eigenvalue weighted by molar-refractivity contribution is 5.04. The van der Waals surface area contributed by atoms with Crippen LogP contribution < -0.4 is 0 Å². The maximum absolute atomic E-state index is 8.81. The van der Waals surface area contributed by atoms with Gasteiger partial charge in [-0.15, -0.1) is 0 Å². The summed E-state index contributed by atoms with van der Waals surface area (Å²) in [4.78, 5) is 4.21. The van der Waals surface area contributed by atoms with Crippen molar-refractivity contribution in [2.24, 2.45) is 0 Å². The highest BCUT2D eigenvalue weighted by atomic mass is 16.3. The number of aromatic nitrogens is 2. The molecule has 68 valence electrons. The monoisotopic (exact) mass is 168 g/mol. The molecule has 0 unspecified atom stereocenters. The second-order valence-corrected chi connectivity index (χ2v) is 2.92. The van der Waals surface area contributed by atoms with E-state index < -0.39 is 0 Å². The molecule has 1 heterocycles. The van der Waals surface area contributed by atoms with Gasteiger partial charge in [0.05, 0.1) is 6.61 Å². The number of nitrogens with zero attached hydrogens (tertiary/aromatic N) is 2. The molecule has 0 radical (unpaired) electrons. The van der Waals surface area contributed by atoms with E-state index in [0.717, 1.165) is 18.7 Å². The van der Waals surface area contributed by atoms with Crippen molar-refractivity contribution in [1.82, 2.24) is 9.55 Å². The van der Waals surface area contributed by atoms with Crippen molar-refractivity contribution >= 4 is 0 Å². The summed E-state index contributed by atoms with van der Waals surface area (Å²) in [6.07, 6.45) is 4.06. The summed E-state index contributed by atoms with van der Waals surface area (Å²) in [5.74, 6) is 0.993. The zero-order valence-corrected chi connectivity index (χ0v) is 7.75. The lowest BCUT2D eigenvalue weighted by atomic mass is 10.3. The molecule has 1 N–H and O–H groups in total. The average Bonchev–Trinajstić information content (AvgIpc) is 2.37. The predicted molar refractivity (Wildman–Crippen MR) is 48.0 cm³/mol. The SMILES string of the molecule is CCCc1cnc(C)n1CCO. The number of hydrogen-bond donors (Lipinski definition) is 1. The Kier molecular flexibility index (Phi) is 3.29. The van der Waals surface area contributed by atoms with Gasteiger partial charge in [-0.05, 0) is 13.3 Å². The van der Waals surface area contributed by atoms with Crippen molar-refractivity contribution in [3.8, 4) is 0 Å². The first-order valence-electron chi connectivity index (χ1n) is 4.41. The van der Waals surface area contributed by atoms with Crippen molar-refractivity contribution in [3.63, 3.8) is 0 Å². The number of hydrogen-bond acceptors (Lipinski definition) is 2. The Balaban J connectivity index is 2.80. The molecule has 3 heteroatoms. The molecule has 1 rings (SSSR count). The van der Waals surface area contributed by atoms with Crippen molar-refractivity contribution in [2.45, 2.75) is 33.2 Å². The van der Waals surface area contributed by atoms with Crippen LogP contribution in [0, 0.1) is 6.92 Å². The lowest BCUT2D eigenvalue weighted by Crippen LogP contribution is -2.07. The Labute approximate surface area is 73.1 Å². The van der Waals surface area contributed by atoms with Gasteiger partial charge in [0.15, 0.2) is 0 Å². The van der Waals surface area contributed by atoms with E-state index in [9.17, 15) is 0 Å². The van der Waals surface area contributed by atoms with Crippen LogP contribution in [0.3, 0.4) is 0 Å². The van der Waals surface area contributed by atoms with Crippen LogP contribution >= 0.6 is 0 Å². The second-order valence-electron chi connectivity index (χ2n) is 2.92. The highest BCUT2D eigenvalue weighted by Gasteiger charge is 2.03. The van der Waals surface area contributed by atoms with Gasteiger partial charge in [0.25, 0.3) is 0 Å². The van der Waals surface area contributed by atoms with E-state index in [0.29, 0.717) is 6.54 Å². The molecule has 0 aliphatic rings. The molecule has 3 nitrogen and oxygen atoms in total. The van der Waals surface area contributed by atoms with Gasteiger partial charge in [-0.2, -0.15) is 0 Å². The first-order chi connectivity index (χ1) is 5.79. The first-order valence-corrected chi connectivity index (χ1v) is 4.41. The zero-order chi connectivity index (χ0) is 8.97. The van der Waals surface area contributed by atoms with Crippen molar-refractivity contribution in [2.75, 3.05) is 6.61 Å². The number of aliphatic hydroxyl groups is 1. The fraction of sp³-hybridized carbons (Fsp3) is 0.667. The molecule has 0 fully saturated rings. The summed E-state index contributed by atoms with van der Waals surface area (Å²) in [5, 5.41) is 8.81. The molecule has 1 aromatic rings. The van der Waals surface area contributed by atoms with Crippen LogP contribution in [0.2, 0.25) is 0 Å². The number of aliphatic hydroxyl groups excluding tert-OH is 1. The average molecular weight is 168 g/mol. The molecule has 1 aromatic heterocycles. The molecule has 0 aliphatic carbocycles. The van der Waals surface area contributed by atoms with Gasteiger partial charge in [-0.1, -0.05) is 13.3 Å². The third kappa shape index (κ3) is 1.85. The molecule has 0 saturated carbocycles. The summed E-state index contributed by atoms with van der Waals surface area (Å²) in [5.41, 5.74) is 1.23. The predicted octanol–water partition coefficient (Wildman–Crippen LogP) is 1.14. The standard InChI is InChI=1S/C9H16N2O/c1-3-4-9-7-10-8(2)11(9)5-6-12/h7,12H,3-6H2,1-2H3. The van der Waals surface area contributed by atoms with Crippen molar-refractivity contribution < 1.29 is 5.11 Å². The molecule has 0 aromatic carbocycles. The van der Waals surface area contributed by atoms with E-state index >= 15 is 0 Å². The quantitative estimate of drug-likeness (QED) is 0.732. The summed E-state index contributed by atoms with van der Waals surface area (Å²) >= 11 is 0. The molecular formula is C9H16N2O. The Bertz CT molecular complexity index is 243. The molecule has 0 bridgehead atoms. The lowest BCUT2D eigenvalue weighted by molar-refractivity contribution is 0.273. The normalized spacial score (nSPS) is 10.6. The van der Waals surface area contributed by atoms with E-state index in [1.165, 1.54) is 5.69 Å². The number of imidazole rings is 1. The van der Waals surface area contributed by atoms with Gasteiger partial charge in [-0.3, -0.25) is 0 Å². The molecule has 0 saturated heterocycles. The molecule has 12 heavy (non-hydrogen) atoms. The Morgan fingerprint density at radius 3 is 2.92 bits per heavy atom. The van der Waals surface area contributed by atoms with Gasteiger partial charge >= 0.3 is 0 Å². The fourth-order valence-electron chi connectivity index (χ4n) is 1.38.